The maximum atomic E-state index is 6.47. The fourth-order valence-electron chi connectivity index (χ4n) is 35.9. The van der Waals surface area contributed by atoms with Gasteiger partial charge in [0.2, 0.25) is 0 Å². The van der Waals surface area contributed by atoms with Gasteiger partial charge in [0, 0.05) is 0 Å². The summed E-state index contributed by atoms with van der Waals surface area (Å²) in [5.74, 6) is 6.29. The van der Waals surface area contributed by atoms with Crippen LogP contribution < -0.4 is 0 Å². The van der Waals surface area contributed by atoms with Crippen molar-refractivity contribution in [1.29, 1.82) is 0 Å². The minimum absolute atomic E-state index is 0.00871. The lowest BCUT2D eigenvalue weighted by Crippen LogP contribution is -2.44. The number of ether oxygens (including phenoxy) is 21. The van der Waals surface area contributed by atoms with E-state index in [1.54, 1.807) is 0 Å². The Kier molecular flexibility index (Phi) is 25.9. The maximum absolute atomic E-state index is 6.47. The zero-order valence-corrected chi connectivity index (χ0v) is 97.0. The molecule has 0 aromatic rings. The predicted octanol–water partition coefficient (Wildman–Crippen LogP) is 24.3. The summed E-state index contributed by atoms with van der Waals surface area (Å²) in [5, 5.41) is 0. The van der Waals surface area contributed by atoms with Crippen LogP contribution in [0, 0.1) is 102 Å². The average Bonchev–Trinajstić information content (AvgIpc) is 1.51. The zero-order chi connectivity index (χ0) is 103. The van der Waals surface area contributed by atoms with Gasteiger partial charge in [-0.05, 0) is 404 Å². The number of rotatable bonds is 21. The number of hydrogen-bond donors (Lipinski definition) is 0. The Labute approximate surface area is 876 Å². The highest BCUT2D eigenvalue weighted by atomic mass is 16.7. The molecule has 21 heteroatoms. The van der Waals surface area contributed by atoms with Gasteiger partial charge in [-0.15, -0.1) is 0 Å². The fraction of sp³-hybridized carbons (Fsp3) is 1.00. The van der Waals surface area contributed by atoms with Gasteiger partial charge in [0.15, 0.2) is 0 Å². The molecule has 0 N–H and O–H groups in total. The highest BCUT2D eigenvalue weighted by Crippen LogP contribution is 2.69. The van der Waals surface area contributed by atoms with E-state index in [1.807, 2.05) is 0 Å². The van der Waals surface area contributed by atoms with Crippen LogP contribution in [0.3, 0.4) is 0 Å². The molecule has 0 spiro atoms. The molecule has 14 heterocycles. The Morgan fingerprint density at radius 3 is 1.17 bits per heavy atom. The van der Waals surface area contributed by atoms with E-state index in [0.717, 1.165) is 147 Å². The lowest BCUT2D eigenvalue weighted by Gasteiger charge is -2.42. The van der Waals surface area contributed by atoms with Crippen LogP contribution >= 0.6 is 0 Å². The van der Waals surface area contributed by atoms with Crippen molar-refractivity contribution < 1.29 is 99.5 Å². The van der Waals surface area contributed by atoms with Crippen molar-refractivity contribution in [2.24, 2.45) is 102 Å². The van der Waals surface area contributed by atoms with Crippen molar-refractivity contribution in [2.75, 3.05) is 46.2 Å². The van der Waals surface area contributed by atoms with Crippen LogP contribution in [0.1, 0.15) is 427 Å². The highest BCUT2D eigenvalue weighted by molar-refractivity contribution is 5.23. The quantitative estimate of drug-likeness (QED) is 0.0970. The van der Waals surface area contributed by atoms with E-state index in [0.29, 0.717) is 177 Å². The summed E-state index contributed by atoms with van der Waals surface area (Å²) in [6.07, 6.45) is 46.2. The topological polar surface area (TPSA) is 240 Å². The minimum Gasteiger partial charge on any atom is -0.375 e. The van der Waals surface area contributed by atoms with E-state index in [4.69, 9.17) is 99.5 Å². The van der Waals surface area contributed by atoms with Gasteiger partial charge in [-0.2, -0.15) is 0 Å². The molecular formula is C124H204O21. The summed E-state index contributed by atoms with van der Waals surface area (Å²) < 4.78 is 127. The summed E-state index contributed by atoms with van der Waals surface area (Å²) in [7, 11) is 0. The third kappa shape index (κ3) is 21.5. The van der Waals surface area contributed by atoms with E-state index < -0.39 is 0 Å². The maximum Gasteiger partial charge on any atom is 0.118 e. The summed E-state index contributed by atoms with van der Waals surface area (Å²) in [5.41, 5.74) is 4.76. The molecule has 0 amide bonds. The van der Waals surface area contributed by atoms with Gasteiger partial charge in [-0.25, -0.2) is 0 Å². The first kappa shape index (κ1) is 107. The number of hydrogen-bond acceptors (Lipinski definition) is 21. The second-order valence-corrected chi connectivity index (χ2v) is 64.9. The molecule has 29 rings (SSSR count). The van der Waals surface area contributed by atoms with E-state index >= 15 is 0 Å². The van der Waals surface area contributed by atoms with E-state index in [2.05, 4.69) is 222 Å². The standard InChI is InChI=1S/2C19H32O3.C18H28O3.2C18H30O3.C17H28O3.C15H24O3/c1-16(2)8-13(15-19(6,10-16)22-15)20-9-12-7-14-18(5,21-14)11-17(12,3)4;1-12-7-18(5)14(21-18)9-17(12,4)11-20-13-8-16(2,3)10-19(6)15(13)22-19;1-16(2)7-13(15-17(3,9-16)20-15)19-8-10-5-11-6-12(10)14-18(11,4)21-14;1-11-7-17(4)14(20-17)6-12(11)9-19-13-8-16(2,3)10-18(5)15(13)21-18;1-15(2)8-12(14-18(5,10-15)21-14)19-11-16(3)6-7-17(4)13(9-16)20-17;1-15(2)8-13(17(4)14(9-15)20-17)18-10-11-5-6-16(3)12(7-11)19-16;1-14-7-6-10(8-13(14)17-14)9-16-11-4-3-5-12-15(11,2)18-12/h2*12-15H,7-11H2,1-6H3;10-15H,5-9H2,1-4H3;11-15H,6-10H2,1-5H3;12-14H,6-11H2,1-5H3;11-14H,5-10H2,1-4H3;10-13H,3-9H2,1-2H3. The first-order valence-electron chi connectivity index (χ1n) is 60.0. The van der Waals surface area contributed by atoms with E-state index in [1.165, 1.54) is 122 Å². The second-order valence-electron chi connectivity index (χ2n) is 64.9. The lowest BCUT2D eigenvalue weighted by molar-refractivity contribution is -0.0660. The normalized spacial score (nSPS) is 57.6. The highest BCUT2D eigenvalue weighted by Gasteiger charge is 2.75. The van der Waals surface area contributed by atoms with Crippen LogP contribution in [-0.4, -0.2) is 253 Å². The van der Waals surface area contributed by atoms with Gasteiger partial charge in [-0.3, -0.25) is 0 Å². The SMILES string of the molecule is CC1(C)CC(OCC2(C)CCC3(C)OC3C2)C2OC2(C)C1.CC1(C)CC(OCC2CC3CC2C2OC32C)C2OC2(C)C1.CC1(C)CC(OCC2CC3OC3(C)CC2(C)C)C2OC2(C)C1.CC1(C)CC(OCC2CCC3(C)OC3C2)C2(C)OC2C1.CC12CCC(COC3CCCC4OC34C)CC1O2.CC1CC2(C)OC2CC1(C)COC1CC(C)(C)CC2(C)OC12.CC1CC2(C)OC2CC1COC1CC(C)(C)CC2(C)OC12. The largest absolute Gasteiger partial charge is 0.375 e. The molecular weight excluding hydrogens is 1830 g/mol. The van der Waals surface area contributed by atoms with Crippen LogP contribution in [0.4, 0.5) is 0 Å². The van der Waals surface area contributed by atoms with Crippen LogP contribution in [0.25, 0.3) is 0 Å². The van der Waals surface area contributed by atoms with Crippen LogP contribution in [0.2, 0.25) is 0 Å². The molecule has 15 saturated carbocycles. The van der Waals surface area contributed by atoms with Crippen molar-refractivity contribution in [2.45, 2.75) is 634 Å². The summed E-state index contributed by atoms with van der Waals surface area (Å²) >= 11 is 0. The van der Waals surface area contributed by atoms with Gasteiger partial charge in [-0.1, -0.05) is 125 Å². The Morgan fingerprint density at radius 1 is 0.248 bits per heavy atom. The predicted molar refractivity (Wildman–Crippen MR) is 557 cm³/mol. The van der Waals surface area contributed by atoms with E-state index in [9.17, 15) is 0 Å². The Balaban J connectivity index is 0.0000000936. The van der Waals surface area contributed by atoms with Crippen molar-refractivity contribution in [1.82, 2.24) is 0 Å². The monoisotopic (exact) mass is 2030 g/mol. The molecule has 2 bridgehead atoms. The molecule has 0 radical (unpaired) electrons. The zero-order valence-electron chi connectivity index (χ0n) is 97.0. The third-order valence-electron chi connectivity index (χ3n) is 46.0. The lowest BCUT2D eigenvalue weighted by atomic mass is 9.65. The minimum atomic E-state index is 0.00871. The molecule has 0 aromatic carbocycles. The molecule has 14 saturated heterocycles. The number of epoxide rings is 14. The van der Waals surface area contributed by atoms with Gasteiger partial charge >= 0.3 is 0 Å². The molecule has 826 valence electrons. The van der Waals surface area contributed by atoms with Crippen molar-refractivity contribution in [3.8, 4) is 0 Å². The molecule has 145 heavy (non-hydrogen) atoms. The Morgan fingerprint density at radius 2 is 0.669 bits per heavy atom. The molecule has 15 aliphatic carbocycles. The summed E-state index contributed by atoms with van der Waals surface area (Å²) in [6.45, 7) is 80.2. The summed E-state index contributed by atoms with van der Waals surface area (Å²) in [6, 6.07) is 0. The molecule has 14 aliphatic heterocycles. The van der Waals surface area contributed by atoms with Crippen LogP contribution in [0.5, 0.6) is 0 Å². The molecule has 29 fully saturated rings. The molecule has 46 unspecified atom stereocenters. The van der Waals surface area contributed by atoms with Crippen molar-refractivity contribution >= 4 is 0 Å². The molecule has 29 aliphatic rings. The van der Waals surface area contributed by atoms with Gasteiger partial charge in [0.1, 0.15) is 41.7 Å². The van der Waals surface area contributed by atoms with E-state index in [-0.39, 0.29) is 114 Å². The second kappa shape index (κ2) is 35.1. The average molecular weight is 2030 g/mol. The molecule has 21 nitrogen and oxygen atoms in total. The van der Waals surface area contributed by atoms with Crippen LogP contribution in [-0.2, 0) is 99.5 Å². The van der Waals surface area contributed by atoms with Gasteiger partial charge in [0.05, 0.1) is 211 Å². The first-order chi connectivity index (χ1) is 67.1. The Hall–Kier alpha value is -0.840. The van der Waals surface area contributed by atoms with Gasteiger partial charge < -0.3 is 99.5 Å². The molecule has 46 atom stereocenters. The Bertz CT molecular complexity index is 4700. The van der Waals surface area contributed by atoms with Crippen molar-refractivity contribution in [3.05, 3.63) is 0 Å². The molecule has 0 aromatic heterocycles. The van der Waals surface area contributed by atoms with Crippen LogP contribution in [0.15, 0.2) is 0 Å². The first-order valence-corrected chi connectivity index (χ1v) is 60.0. The smallest absolute Gasteiger partial charge is 0.118 e. The van der Waals surface area contributed by atoms with Crippen molar-refractivity contribution in [3.63, 3.8) is 0 Å². The third-order valence-corrected chi connectivity index (χ3v) is 46.0. The van der Waals surface area contributed by atoms with Gasteiger partial charge in [0.25, 0.3) is 0 Å². The number of fused-ring (bicyclic) bond motifs is 18. The summed E-state index contributed by atoms with van der Waals surface area (Å²) in [4.78, 5) is 0. The fourth-order valence-corrected chi connectivity index (χ4v) is 35.9.